The van der Waals surface area contributed by atoms with E-state index in [4.69, 9.17) is 21.1 Å². The molecule has 0 radical (unpaired) electrons. The third-order valence-corrected chi connectivity index (χ3v) is 4.63. The zero-order valence-electron chi connectivity index (χ0n) is 16.2. The maximum absolute atomic E-state index is 13.5. The Morgan fingerprint density at radius 2 is 2.03 bits per heavy atom. The molecule has 2 aromatic carbocycles. The van der Waals surface area contributed by atoms with Crippen molar-refractivity contribution in [1.29, 1.82) is 0 Å². The molecule has 0 spiro atoms. The molecule has 0 aliphatic carbocycles. The standard InChI is InChI=1S/C21H19ClFN5O2/c1-29-18-11-16-17(12-19(18)30-9-3-7-22)24-13-25-21(16)26-20-6-8-28(27-20)15-5-2-4-14(23)10-15/h2,4-6,8,10-13H,3,7,9H2,1H3,(H,24,25,26,27). The molecule has 4 rings (SSSR count). The van der Waals surface area contributed by atoms with E-state index in [2.05, 4.69) is 20.4 Å². The van der Waals surface area contributed by atoms with E-state index in [0.29, 0.717) is 46.8 Å². The molecule has 2 aromatic heterocycles. The summed E-state index contributed by atoms with van der Waals surface area (Å²) in [6.45, 7) is 0.485. The van der Waals surface area contributed by atoms with Gasteiger partial charge in [0, 0.05) is 29.6 Å². The zero-order valence-corrected chi connectivity index (χ0v) is 16.9. The minimum Gasteiger partial charge on any atom is -0.493 e. The number of hydrogen-bond acceptors (Lipinski definition) is 6. The van der Waals surface area contributed by atoms with Crippen molar-refractivity contribution in [3.63, 3.8) is 0 Å². The number of alkyl halides is 1. The van der Waals surface area contributed by atoms with Crippen LogP contribution in [0.25, 0.3) is 16.6 Å². The summed E-state index contributed by atoms with van der Waals surface area (Å²) in [5.41, 5.74) is 1.31. The molecule has 0 saturated carbocycles. The first-order valence-electron chi connectivity index (χ1n) is 9.28. The Bertz CT molecular complexity index is 1170. The van der Waals surface area contributed by atoms with Crippen molar-refractivity contribution in [2.75, 3.05) is 24.9 Å². The smallest absolute Gasteiger partial charge is 0.163 e. The quantitative estimate of drug-likeness (QED) is 0.324. The molecule has 1 N–H and O–H groups in total. The van der Waals surface area contributed by atoms with Crippen molar-refractivity contribution in [3.05, 3.63) is 60.8 Å². The van der Waals surface area contributed by atoms with Crippen LogP contribution in [0.3, 0.4) is 0 Å². The van der Waals surface area contributed by atoms with E-state index in [0.717, 1.165) is 11.8 Å². The number of ether oxygens (including phenoxy) is 2. The Balaban J connectivity index is 1.63. The lowest BCUT2D eigenvalue weighted by molar-refractivity contribution is 0.295. The second-order valence-corrected chi connectivity index (χ2v) is 6.76. The minimum atomic E-state index is -0.324. The van der Waals surface area contributed by atoms with Gasteiger partial charge in [-0.25, -0.2) is 19.0 Å². The summed E-state index contributed by atoms with van der Waals surface area (Å²) >= 11 is 5.72. The van der Waals surface area contributed by atoms with Crippen molar-refractivity contribution in [2.24, 2.45) is 0 Å². The van der Waals surface area contributed by atoms with Crippen LogP contribution in [0, 0.1) is 5.82 Å². The van der Waals surface area contributed by atoms with Gasteiger partial charge in [-0.15, -0.1) is 11.6 Å². The lowest BCUT2D eigenvalue weighted by Crippen LogP contribution is -2.02. The minimum absolute atomic E-state index is 0.324. The van der Waals surface area contributed by atoms with Crippen LogP contribution < -0.4 is 14.8 Å². The predicted octanol–water partition coefficient (Wildman–Crippen LogP) is 4.71. The second-order valence-electron chi connectivity index (χ2n) is 6.38. The summed E-state index contributed by atoms with van der Waals surface area (Å²) in [6.07, 6.45) is 3.93. The summed E-state index contributed by atoms with van der Waals surface area (Å²) in [5.74, 6) is 2.48. The molecule has 7 nitrogen and oxygen atoms in total. The van der Waals surface area contributed by atoms with E-state index < -0.39 is 0 Å². The third kappa shape index (κ3) is 4.28. The van der Waals surface area contributed by atoms with E-state index in [1.54, 1.807) is 42.3 Å². The molecule has 0 amide bonds. The molecular formula is C21H19ClFN5O2. The van der Waals surface area contributed by atoms with Crippen LogP contribution in [-0.4, -0.2) is 39.3 Å². The molecule has 0 unspecified atom stereocenters. The van der Waals surface area contributed by atoms with Gasteiger partial charge in [0.05, 0.1) is 24.9 Å². The molecule has 0 atom stereocenters. The maximum Gasteiger partial charge on any atom is 0.163 e. The summed E-state index contributed by atoms with van der Waals surface area (Å²) in [4.78, 5) is 8.66. The van der Waals surface area contributed by atoms with Crippen molar-refractivity contribution < 1.29 is 13.9 Å². The Labute approximate surface area is 177 Å². The van der Waals surface area contributed by atoms with Gasteiger partial charge in [-0.2, -0.15) is 5.10 Å². The lowest BCUT2D eigenvalue weighted by Gasteiger charge is -2.13. The lowest BCUT2D eigenvalue weighted by atomic mass is 10.2. The fourth-order valence-electron chi connectivity index (χ4n) is 2.95. The van der Waals surface area contributed by atoms with E-state index >= 15 is 0 Å². The highest BCUT2D eigenvalue weighted by atomic mass is 35.5. The van der Waals surface area contributed by atoms with Gasteiger partial charge in [0.25, 0.3) is 0 Å². The number of nitrogens with zero attached hydrogens (tertiary/aromatic N) is 4. The molecule has 0 fully saturated rings. The molecule has 0 aliphatic rings. The molecule has 30 heavy (non-hydrogen) atoms. The summed E-state index contributed by atoms with van der Waals surface area (Å²) in [5, 5.41) is 8.38. The van der Waals surface area contributed by atoms with Gasteiger partial charge in [-0.3, -0.25) is 0 Å². The molecule has 0 aliphatic heterocycles. The Hall–Kier alpha value is -3.39. The SMILES string of the molecule is COc1cc2c(Nc3ccn(-c4cccc(F)c4)n3)ncnc2cc1OCCCCl. The van der Waals surface area contributed by atoms with Crippen molar-refractivity contribution in [1.82, 2.24) is 19.7 Å². The fraction of sp³-hybridized carbons (Fsp3) is 0.190. The van der Waals surface area contributed by atoms with Crippen LogP contribution in [-0.2, 0) is 0 Å². The number of benzene rings is 2. The summed E-state index contributed by atoms with van der Waals surface area (Å²) in [7, 11) is 1.58. The largest absolute Gasteiger partial charge is 0.493 e. The van der Waals surface area contributed by atoms with Gasteiger partial charge in [0.15, 0.2) is 17.3 Å². The van der Waals surface area contributed by atoms with Gasteiger partial charge < -0.3 is 14.8 Å². The fourth-order valence-corrected chi connectivity index (χ4v) is 3.06. The molecule has 9 heteroatoms. The highest BCUT2D eigenvalue weighted by Crippen LogP contribution is 2.34. The van der Waals surface area contributed by atoms with Crippen molar-refractivity contribution in [2.45, 2.75) is 6.42 Å². The number of methoxy groups -OCH3 is 1. The Kier molecular flexibility index (Phi) is 5.94. The topological polar surface area (TPSA) is 74.1 Å². The van der Waals surface area contributed by atoms with E-state index in [1.165, 1.54) is 18.5 Å². The van der Waals surface area contributed by atoms with Gasteiger partial charge in [-0.05, 0) is 30.7 Å². The number of aromatic nitrogens is 4. The first kappa shape index (κ1) is 19.9. The maximum atomic E-state index is 13.5. The number of anilines is 2. The molecule has 4 aromatic rings. The van der Waals surface area contributed by atoms with Crippen LogP contribution in [0.1, 0.15) is 6.42 Å². The Morgan fingerprint density at radius 3 is 2.83 bits per heavy atom. The highest BCUT2D eigenvalue weighted by Gasteiger charge is 2.13. The molecule has 0 saturated heterocycles. The molecule has 2 heterocycles. The molecule has 0 bridgehead atoms. The first-order valence-corrected chi connectivity index (χ1v) is 9.81. The molecular weight excluding hydrogens is 409 g/mol. The summed E-state index contributed by atoms with van der Waals surface area (Å²) in [6, 6.07) is 11.6. The predicted molar refractivity (Wildman–Crippen MR) is 114 cm³/mol. The first-order chi connectivity index (χ1) is 14.7. The van der Waals surface area contributed by atoms with E-state index in [1.807, 2.05) is 6.07 Å². The van der Waals surface area contributed by atoms with Crippen LogP contribution >= 0.6 is 11.6 Å². The van der Waals surface area contributed by atoms with Crippen LogP contribution in [0.5, 0.6) is 11.5 Å². The summed E-state index contributed by atoms with van der Waals surface area (Å²) < 4.78 is 26.3. The number of fused-ring (bicyclic) bond motifs is 1. The van der Waals surface area contributed by atoms with Crippen LogP contribution in [0.4, 0.5) is 16.0 Å². The van der Waals surface area contributed by atoms with Gasteiger partial charge in [-0.1, -0.05) is 6.07 Å². The zero-order chi connectivity index (χ0) is 20.9. The van der Waals surface area contributed by atoms with E-state index in [-0.39, 0.29) is 5.82 Å². The second kappa shape index (κ2) is 8.96. The number of hydrogen-bond donors (Lipinski definition) is 1. The number of rotatable bonds is 8. The van der Waals surface area contributed by atoms with Gasteiger partial charge in [0.2, 0.25) is 0 Å². The van der Waals surface area contributed by atoms with Crippen molar-refractivity contribution >= 4 is 34.1 Å². The molecule has 154 valence electrons. The van der Waals surface area contributed by atoms with Gasteiger partial charge >= 0.3 is 0 Å². The third-order valence-electron chi connectivity index (χ3n) is 4.36. The van der Waals surface area contributed by atoms with Crippen molar-refractivity contribution in [3.8, 4) is 17.2 Å². The van der Waals surface area contributed by atoms with Crippen LogP contribution in [0.2, 0.25) is 0 Å². The van der Waals surface area contributed by atoms with E-state index in [9.17, 15) is 4.39 Å². The van der Waals surface area contributed by atoms with Gasteiger partial charge in [0.1, 0.15) is 18.0 Å². The number of nitrogens with one attached hydrogen (secondary N) is 1. The Morgan fingerprint density at radius 1 is 1.13 bits per heavy atom. The highest BCUT2D eigenvalue weighted by molar-refractivity contribution is 6.17. The monoisotopic (exact) mass is 427 g/mol. The van der Waals surface area contributed by atoms with Crippen LogP contribution in [0.15, 0.2) is 55.0 Å². The average Bonchev–Trinajstić information content (AvgIpc) is 3.22. The average molecular weight is 428 g/mol. The normalized spacial score (nSPS) is 10.9. The number of halogens is 2.